The van der Waals surface area contributed by atoms with Crippen LogP contribution in [0.25, 0.3) is 0 Å². The Hall–Kier alpha value is -1.72. The van der Waals surface area contributed by atoms with Crippen LogP contribution in [0, 0.1) is 0 Å². The van der Waals surface area contributed by atoms with E-state index >= 15 is 0 Å². The number of anilines is 1. The second kappa shape index (κ2) is 5.23. The summed E-state index contributed by atoms with van der Waals surface area (Å²) in [5.74, 6) is -1.70. The highest BCUT2D eigenvalue weighted by Crippen LogP contribution is 2.04. The SMILES string of the molecule is C=C(F)C(=O)Nc1cn(CCCC)nn1. The first-order valence-corrected chi connectivity index (χ1v) is 4.69. The van der Waals surface area contributed by atoms with Crippen molar-refractivity contribution < 1.29 is 9.18 Å². The molecular weight excluding hydrogens is 199 g/mol. The van der Waals surface area contributed by atoms with Crippen LogP contribution in [0.15, 0.2) is 18.6 Å². The van der Waals surface area contributed by atoms with Crippen LogP contribution in [0.5, 0.6) is 0 Å². The average Bonchev–Trinajstić information content (AvgIpc) is 2.62. The molecule has 0 saturated heterocycles. The van der Waals surface area contributed by atoms with Crippen molar-refractivity contribution in [2.75, 3.05) is 5.32 Å². The van der Waals surface area contributed by atoms with E-state index in [1.54, 1.807) is 10.9 Å². The lowest BCUT2D eigenvalue weighted by Gasteiger charge is -1.97. The standard InChI is InChI=1S/C9H13FN4O/c1-3-4-5-14-6-8(12-13-14)11-9(15)7(2)10/h6H,2-5H2,1H3,(H,11,15). The summed E-state index contributed by atoms with van der Waals surface area (Å²) >= 11 is 0. The zero-order valence-corrected chi connectivity index (χ0v) is 8.53. The first-order chi connectivity index (χ1) is 7.13. The van der Waals surface area contributed by atoms with Crippen LogP contribution in [0.3, 0.4) is 0 Å². The number of aryl methyl sites for hydroxylation is 1. The van der Waals surface area contributed by atoms with Crippen LogP contribution in [-0.2, 0) is 11.3 Å². The molecule has 1 aromatic heterocycles. The number of aromatic nitrogens is 3. The Morgan fingerprint density at radius 1 is 1.73 bits per heavy atom. The van der Waals surface area contributed by atoms with Crippen LogP contribution in [0.4, 0.5) is 10.2 Å². The molecule has 1 aromatic rings. The predicted molar refractivity (Wildman–Crippen MR) is 53.8 cm³/mol. The first kappa shape index (κ1) is 11.4. The van der Waals surface area contributed by atoms with Gasteiger partial charge in [-0.2, -0.15) is 0 Å². The maximum absolute atomic E-state index is 12.3. The zero-order chi connectivity index (χ0) is 11.3. The number of nitrogens with zero attached hydrogens (tertiary/aromatic N) is 3. The number of halogens is 1. The van der Waals surface area contributed by atoms with Gasteiger partial charge in [0.15, 0.2) is 11.6 Å². The fourth-order valence-electron chi connectivity index (χ4n) is 0.969. The Kier molecular flexibility index (Phi) is 3.96. The number of amides is 1. The molecule has 1 N–H and O–H groups in total. The van der Waals surface area contributed by atoms with E-state index in [4.69, 9.17) is 0 Å². The molecular formula is C9H13FN4O. The molecule has 0 unspecified atom stereocenters. The Morgan fingerprint density at radius 2 is 2.47 bits per heavy atom. The molecule has 1 rings (SSSR count). The molecule has 0 fully saturated rings. The van der Waals surface area contributed by atoms with E-state index in [1.807, 2.05) is 0 Å². The van der Waals surface area contributed by atoms with Gasteiger partial charge in [-0.1, -0.05) is 25.1 Å². The van der Waals surface area contributed by atoms with Gasteiger partial charge < -0.3 is 5.32 Å². The van der Waals surface area contributed by atoms with E-state index in [2.05, 4.69) is 29.1 Å². The third-order valence-corrected chi connectivity index (χ3v) is 1.77. The number of unbranched alkanes of at least 4 members (excludes halogenated alkanes) is 1. The van der Waals surface area contributed by atoms with Gasteiger partial charge in [-0.3, -0.25) is 9.48 Å². The summed E-state index contributed by atoms with van der Waals surface area (Å²) in [6.07, 6.45) is 3.58. The number of rotatable bonds is 5. The molecule has 1 amide bonds. The smallest absolute Gasteiger partial charge is 0.285 e. The van der Waals surface area contributed by atoms with E-state index in [9.17, 15) is 9.18 Å². The number of hydrogen-bond acceptors (Lipinski definition) is 3. The zero-order valence-electron chi connectivity index (χ0n) is 8.53. The Labute approximate surface area is 87.0 Å². The molecule has 0 atom stereocenters. The molecule has 6 heteroatoms. The van der Waals surface area contributed by atoms with Crippen LogP contribution in [0.2, 0.25) is 0 Å². The Morgan fingerprint density at radius 3 is 3.07 bits per heavy atom. The van der Waals surface area contributed by atoms with E-state index < -0.39 is 11.7 Å². The molecule has 5 nitrogen and oxygen atoms in total. The van der Waals surface area contributed by atoms with Crippen molar-refractivity contribution in [3.63, 3.8) is 0 Å². The van der Waals surface area contributed by atoms with Gasteiger partial charge >= 0.3 is 0 Å². The highest BCUT2D eigenvalue weighted by molar-refractivity contribution is 6.00. The minimum atomic E-state index is -1.04. The van der Waals surface area contributed by atoms with Gasteiger partial charge in [0.1, 0.15) is 0 Å². The van der Waals surface area contributed by atoms with E-state index in [0.29, 0.717) is 0 Å². The second-order valence-electron chi connectivity index (χ2n) is 3.08. The minimum absolute atomic E-state index is 0.231. The first-order valence-electron chi connectivity index (χ1n) is 4.69. The van der Waals surface area contributed by atoms with Crippen molar-refractivity contribution in [2.24, 2.45) is 0 Å². The van der Waals surface area contributed by atoms with Crippen LogP contribution >= 0.6 is 0 Å². The van der Waals surface area contributed by atoms with Crippen molar-refractivity contribution in [2.45, 2.75) is 26.3 Å². The second-order valence-corrected chi connectivity index (χ2v) is 3.08. The lowest BCUT2D eigenvalue weighted by atomic mass is 10.3. The summed E-state index contributed by atoms with van der Waals surface area (Å²) in [6.45, 7) is 5.67. The molecule has 0 bridgehead atoms. The molecule has 0 spiro atoms. The molecule has 1 heterocycles. The number of hydrogen-bond donors (Lipinski definition) is 1. The monoisotopic (exact) mass is 212 g/mol. The van der Waals surface area contributed by atoms with Crippen LogP contribution in [-0.4, -0.2) is 20.9 Å². The van der Waals surface area contributed by atoms with Crippen LogP contribution < -0.4 is 5.32 Å². The number of carbonyl (C=O) groups excluding carboxylic acids is 1. The normalized spacial score (nSPS) is 10.0. The summed E-state index contributed by atoms with van der Waals surface area (Å²) in [5, 5.41) is 9.66. The Bertz CT molecular complexity index is 361. The highest BCUT2D eigenvalue weighted by atomic mass is 19.1. The average molecular weight is 212 g/mol. The fourth-order valence-corrected chi connectivity index (χ4v) is 0.969. The number of carbonyl (C=O) groups is 1. The van der Waals surface area contributed by atoms with Crippen molar-refractivity contribution in [3.8, 4) is 0 Å². The van der Waals surface area contributed by atoms with Gasteiger partial charge in [-0.05, 0) is 6.42 Å². The van der Waals surface area contributed by atoms with Crippen molar-refractivity contribution >= 4 is 11.7 Å². The summed E-state index contributed by atoms with van der Waals surface area (Å²) < 4.78 is 13.9. The fraction of sp³-hybridized carbons (Fsp3) is 0.444. The molecule has 0 aliphatic carbocycles. The minimum Gasteiger partial charge on any atom is -0.302 e. The maximum atomic E-state index is 12.3. The van der Waals surface area contributed by atoms with Crippen molar-refractivity contribution in [1.29, 1.82) is 0 Å². The van der Waals surface area contributed by atoms with Crippen molar-refractivity contribution in [1.82, 2.24) is 15.0 Å². The van der Waals surface area contributed by atoms with Crippen LogP contribution in [0.1, 0.15) is 19.8 Å². The summed E-state index contributed by atoms with van der Waals surface area (Å²) in [7, 11) is 0. The lowest BCUT2D eigenvalue weighted by molar-refractivity contribution is -0.114. The molecule has 0 radical (unpaired) electrons. The molecule has 0 aliphatic heterocycles. The van der Waals surface area contributed by atoms with Gasteiger partial charge in [-0.25, -0.2) is 4.39 Å². The van der Waals surface area contributed by atoms with E-state index in [1.165, 1.54) is 0 Å². The van der Waals surface area contributed by atoms with Gasteiger partial charge in [0.05, 0.1) is 6.20 Å². The largest absolute Gasteiger partial charge is 0.302 e. The summed E-state index contributed by atoms with van der Waals surface area (Å²) in [5.41, 5.74) is 0. The molecule has 82 valence electrons. The molecule has 0 saturated carbocycles. The molecule has 15 heavy (non-hydrogen) atoms. The molecule has 0 aromatic carbocycles. The summed E-state index contributed by atoms with van der Waals surface area (Å²) in [6, 6.07) is 0. The van der Waals surface area contributed by atoms with E-state index in [0.717, 1.165) is 19.4 Å². The lowest BCUT2D eigenvalue weighted by Crippen LogP contribution is -2.11. The topological polar surface area (TPSA) is 59.8 Å². The highest BCUT2D eigenvalue weighted by Gasteiger charge is 2.08. The van der Waals surface area contributed by atoms with Gasteiger partial charge in [-0.15, -0.1) is 5.10 Å². The van der Waals surface area contributed by atoms with Gasteiger partial charge in [0.2, 0.25) is 0 Å². The predicted octanol–water partition coefficient (Wildman–Crippen LogP) is 1.50. The van der Waals surface area contributed by atoms with E-state index in [-0.39, 0.29) is 5.82 Å². The maximum Gasteiger partial charge on any atom is 0.285 e. The summed E-state index contributed by atoms with van der Waals surface area (Å²) in [4.78, 5) is 10.9. The number of nitrogens with one attached hydrogen (secondary N) is 1. The third kappa shape index (κ3) is 3.49. The Balaban J connectivity index is 2.52. The third-order valence-electron chi connectivity index (χ3n) is 1.77. The van der Waals surface area contributed by atoms with Gasteiger partial charge in [0, 0.05) is 6.54 Å². The quantitative estimate of drug-likeness (QED) is 0.752. The van der Waals surface area contributed by atoms with Gasteiger partial charge in [0.25, 0.3) is 5.91 Å². The molecule has 0 aliphatic rings. The van der Waals surface area contributed by atoms with Crippen molar-refractivity contribution in [3.05, 3.63) is 18.6 Å².